The Kier molecular flexibility index (Phi) is 3.43. The maximum absolute atomic E-state index is 12.7. The molecule has 0 radical (unpaired) electrons. The van der Waals surface area contributed by atoms with Gasteiger partial charge in [0.15, 0.2) is 0 Å². The van der Waals surface area contributed by atoms with Crippen LogP contribution in [0.15, 0.2) is 29.2 Å². The van der Waals surface area contributed by atoms with Gasteiger partial charge in [-0.2, -0.15) is 0 Å². The van der Waals surface area contributed by atoms with Crippen molar-refractivity contribution in [1.82, 2.24) is 4.72 Å². The van der Waals surface area contributed by atoms with E-state index in [2.05, 4.69) is 4.72 Å². The fraction of sp³-hybridized carbons (Fsp3) is 0.455. The van der Waals surface area contributed by atoms with Gasteiger partial charge >= 0.3 is 0 Å². The van der Waals surface area contributed by atoms with E-state index in [0.717, 1.165) is 25.0 Å². The number of hydrogen-bond acceptors (Lipinski definition) is 2. The molecular formula is C11H13ClFNO2S. The highest BCUT2D eigenvalue weighted by Crippen LogP contribution is 2.46. The molecule has 0 saturated heterocycles. The van der Waals surface area contributed by atoms with Gasteiger partial charge in [-0.3, -0.25) is 0 Å². The molecular weight excluding hydrogens is 265 g/mol. The Morgan fingerprint density at radius 3 is 2.35 bits per heavy atom. The molecule has 1 N–H and O–H groups in total. The van der Waals surface area contributed by atoms with Gasteiger partial charge in [0.2, 0.25) is 10.0 Å². The summed E-state index contributed by atoms with van der Waals surface area (Å²) >= 11 is 5.77. The second-order valence-corrected chi connectivity index (χ2v) is 6.45. The van der Waals surface area contributed by atoms with Crippen LogP contribution >= 0.6 is 11.6 Å². The summed E-state index contributed by atoms with van der Waals surface area (Å²) in [5.41, 5.74) is -0.0747. The summed E-state index contributed by atoms with van der Waals surface area (Å²) < 4.78 is 38.9. The molecule has 0 bridgehead atoms. The third kappa shape index (κ3) is 2.97. The van der Waals surface area contributed by atoms with Crippen molar-refractivity contribution in [3.63, 3.8) is 0 Å². The molecule has 94 valence electrons. The molecule has 0 unspecified atom stereocenters. The first kappa shape index (κ1) is 12.8. The van der Waals surface area contributed by atoms with Crippen LogP contribution < -0.4 is 4.72 Å². The smallest absolute Gasteiger partial charge is 0.211 e. The van der Waals surface area contributed by atoms with Gasteiger partial charge < -0.3 is 0 Å². The van der Waals surface area contributed by atoms with E-state index >= 15 is 0 Å². The first-order valence-electron chi connectivity index (χ1n) is 5.29. The van der Waals surface area contributed by atoms with Gasteiger partial charge in [0.25, 0.3) is 0 Å². The van der Waals surface area contributed by atoms with E-state index in [0.29, 0.717) is 12.4 Å². The van der Waals surface area contributed by atoms with E-state index in [1.807, 2.05) is 0 Å². The minimum Gasteiger partial charge on any atom is -0.211 e. The predicted molar refractivity (Wildman–Crippen MR) is 64.0 cm³/mol. The van der Waals surface area contributed by atoms with Crippen LogP contribution in [-0.4, -0.2) is 20.8 Å². The van der Waals surface area contributed by atoms with Crippen molar-refractivity contribution in [3.05, 3.63) is 30.1 Å². The van der Waals surface area contributed by atoms with Crippen molar-refractivity contribution < 1.29 is 12.8 Å². The van der Waals surface area contributed by atoms with Crippen molar-refractivity contribution >= 4 is 21.6 Å². The van der Waals surface area contributed by atoms with Gasteiger partial charge in [0.1, 0.15) is 5.82 Å². The van der Waals surface area contributed by atoms with Gasteiger partial charge in [0, 0.05) is 12.4 Å². The van der Waals surface area contributed by atoms with Crippen molar-refractivity contribution in [1.29, 1.82) is 0 Å². The molecule has 0 aromatic heterocycles. The van der Waals surface area contributed by atoms with Crippen LogP contribution in [0, 0.1) is 11.2 Å². The lowest BCUT2D eigenvalue weighted by Gasteiger charge is -2.12. The molecule has 1 aromatic carbocycles. The van der Waals surface area contributed by atoms with E-state index in [-0.39, 0.29) is 10.3 Å². The third-order valence-corrected chi connectivity index (χ3v) is 4.99. The highest BCUT2D eigenvalue weighted by atomic mass is 35.5. The Bertz CT molecular complexity index is 497. The minimum atomic E-state index is -3.56. The minimum absolute atomic E-state index is 0.0734. The monoisotopic (exact) mass is 277 g/mol. The fourth-order valence-electron chi connectivity index (χ4n) is 1.48. The SMILES string of the molecule is O=S(=O)(NCC1(CCl)CC1)c1ccc(F)cc1. The maximum Gasteiger partial charge on any atom is 0.240 e. The molecule has 0 spiro atoms. The summed E-state index contributed by atoms with van der Waals surface area (Å²) in [5.74, 6) is 0.00207. The van der Waals surface area contributed by atoms with Crippen LogP contribution in [0.4, 0.5) is 4.39 Å². The van der Waals surface area contributed by atoms with Crippen molar-refractivity contribution in [2.75, 3.05) is 12.4 Å². The van der Waals surface area contributed by atoms with Crippen LogP contribution in [-0.2, 0) is 10.0 Å². The van der Waals surface area contributed by atoms with Crippen LogP contribution in [0.1, 0.15) is 12.8 Å². The molecule has 0 heterocycles. The quantitative estimate of drug-likeness (QED) is 0.838. The number of sulfonamides is 1. The van der Waals surface area contributed by atoms with Gasteiger partial charge in [0.05, 0.1) is 4.90 Å². The lowest BCUT2D eigenvalue weighted by Crippen LogP contribution is -2.31. The number of benzene rings is 1. The highest BCUT2D eigenvalue weighted by Gasteiger charge is 2.42. The molecule has 0 aliphatic heterocycles. The molecule has 3 nitrogen and oxygen atoms in total. The summed E-state index contributed by atoms with van der Waals surface area (Å²) in [6, 6.07) is 4.75. The summed E-state index contributed by atoms with van der Waals surface area (Å²) in [4.78, 5) is 0.0734. The summed E-state index contributed by atoms with van der Waals surface area (Å²) in [5, 5.41) is 0. The lowest BCUT2D eigenvalue weighted by molar-refractivity contribution is 0.534. The van der Waals surface area contributed by atoms with E-state index in [4.69, 9.17) is 11.6 Å². The van der Waals surface area contributed by atoms with Crippen molar-refractivity contribution in [2.45, 2.75) is 17.7 Å². The Morgan fingerprint density at radius 1 is 1.29 bits per heavy atom. The molecule has 1 aromatic rings. The molecule has 0 amide bonds. The van der Waals surface area contributed by atoms with E-state index in [9.17, 15) is 12.8 Å². The summed E-state index contributed by atoms with van der Waals surface area (Å²) in [6.45, 7) is 0.343. The van der Waals surface area contributed by atoms with E-state index in [1.54, 1.807) is 0 Å². The first-order valence-corrected chi connectivity index (χ1v) is 7.30. The lowest BCUT2D eigenvalue weighted by atomic mass is 10.1. The Hall–Kier alpha value is -0.650. The molecule has 17 heavy (non-hydrogen) atoms. The van der Waals surface area contributed by atoms with E-state index in [1.165, 1.54) is 12.1 Å². The molecule has 1 aliphatic carbocycles. The van der Waals surface area contributed by atoms with Gasteiger partial charge in [-0.1, -0.05) is 0 Å². The molecule has 2 rings (SSSR count). The van der Waals surface area contributed by atoms with E-state index < -0.39 is 15.8 Å². The topological polar surface area (TPSA) is 46.2 Å². The van der Waals surface area contributed by atoms with Crippen LogP contribution in [0.3, 0.4) is 0 Å². The zero-order valence-corrected chi connectivity index (χ0v) is 10.7. The molecule has 1 saturated carbocycles. The second-order valence-electron chi connectivity index (χ2n) is 4.41. The zero-order chi connectivity index (χ0) is 12.5. The largest absolute Gasteiger partial charge is 0.240 e. The normalized spacial score (nSPS) is 18.0. The van der Waals surface area contributed by atoms with Crippen molar-refractivity contribution in [2.24, 2.45) is 5.41 Å². The standard InChI is InChI=1S/C11H13ClFNO2S/c12-7-11(5-6-11)8-14-17(15,16)10-3-1-9(13)2-4-10/h1-4,14H,5-8H2. The van der Waals surface area contributed by atoms with Gasteiger partial charge in [-0.25, -0.2) is 17.5 Å². The third-order valence-electron chi connectivity index (χ3n) is 3.00. The first-order chi connectivity index (χ1) is 7.97. The predicted octanol–water partition coefficient (Wildman–Crippen LogP) is 2.12. The number of rotatable bonds is 5. The molecule has 1 aliphatic rings. The molecule has 6 heteroatoms. The van der Waals surface area contributed by atoms with Gasteiger partial charge in [-0.05, 0) is 42.5 Å². The summed E-state index contributed by atoms with van der Waals surface area (Å²) in [7, 11) is -3.56. The Labute approximate surface area is 105 Å². The van der Waals surface area contributed by atoms with Gasteiger partial charge in [-0.15, -0.1) is 11.6 Å². The van der Waals surface area contributed by atoms with Crippen LogP contribution in [0.5, 0.6) is 0 Å². The average molecular weight is 278 g/mol. The number of nitrogens with one attached hydrogen (secondary N) is 1. The fourth-order valence-corrected chi connectivity index (χ4v) is 3.00. The Balaban J connectivity index is 2.06. The Morgan fingerprint density at radius 2 is 1.88 bits per heavy atom. The van der Waals surface area contributed by atoms with Crippen molar-refractivity contribution in [3.8, 4) is 0 Å². The molecule has 0 atom stereocenters. The number of hydrogen-bond donors (Lipinski definition) is 1. The highest BCUT2D eigenvalue weighted by molar-refractivity contribution is 7.89. The maximum atomic E-state index is 12.7. The second kappa shape index (κ2) is 4.55. The average Bonchev–Trinajstić information content (AvgIpc) is 3.08. The van der Waals surface area contributed by atoms with Crippen LogP contribution in [0.25, 0.3) is 0 Å². The number of halogens is 2. The zero-order valence-electron chi connectivity index (χ0n) is 9.12. The molecule has 1 fully saturated rings. The van der Waals surface area contributed by atoms with Crippen LogP contribution in [0.2, 0.25) is 0 Å². The number of alkyl halides is 1. The summed E-state index contributed by atoms with van der Waals surface area (Å²) in [6.07, 6.45) is 1.89.